The number of carboxylic acid groups (broad SMARTS) is 1. The van der Waals surface area contributed by atoms with Crippen LogP contribution in [0.5, 0.6) is 0 Å². The first-order valence-corrected chi connectivity index (χ1v) is 6.13. The molecule has 3 atom stereocenters. The molecule has 2 nitrogen and oxygen atoms in total. The Hall–Kier alpha value is -0.790. The first-order valence-electron chi connectivity index (χ1n) is 6.13. The van der Waals surface area contributed by atoms with Crippen LogP contribution in [-0.4, -0.2) is 11.1 Å². The maximum atomic E-state index is 11.2. The summed E-state index contributed by atoms with van der Waals surface area (Å²) in [5.74, 6) is -0.656. The van der Waals surface area contributed by atoms with E-state index in [1.165, 1.54) is 32.1 Å². The van der Waals surface area contributed by atoms with Crippen molar-refractivity contribution in [3.8, 4) is 0 Å². The molecule has 3 aliphatic rings. The summed E-state index contributed by atoms with van der Waals surface area (Å²) in [6, 6.07) is 0. The molecule has 0 amide bonds. The van der Waals surface area contributed by atoms with E-state index in [-0.39, 0.29) is 11.3 Å². The maximum absolute atomic E-state index is 11.2. The van der Waals surface area contributed by atoms with Gasteiger partial charge >= 0.3 is 5.97 Å². The molecule has 0 heterocycles. The topological polar surface area (TPSA) is 37.3 Å². The predicted molar refractivity (Wildman–Crippen MR) is 57.5 cm³/mol. The molecule has 0 spiro atoms. The van der Waals surface area contributed by atoms with Gasteiger partial charge in [-0.05, 0) is 24.7 Å². The van der Waals surface area contributed by atoms with Gasteiger partial charge in [0.25, 0.3) is 0 Å². The van der Waals surface area contributed by atoms with Crippen LogP contribution in [0.2, 0.25) is 0 Å². The number of carboxylic acids is 1. The minimum atomic E-state index is -0.574. The number of hydrogen-bond donors (Lipinski definition) is 1. The molecule has 2 heteroatoms. The van der Waals surface area contributed by atoms with Crippen LogP contribution in [0, 0.1) is 16.7 Å². The fraction of sp³-hybridized carbons (Fsp3) is 0.769. The molecule has 1 N–H and O–H groups in total. The van der Waals surface area contributed by atoms with Gasteiger partial charge in [0.15, 0.2) is 0 Å². The molecule has 82 valence electrons. The highest BCUT2D eigenvalue weighted by Crippen LogP contribution is 2.73. The standard InChI is InChI=1S/C13H18O2/c14-11(15)10-9-12-5-3-1-2-4-6-13(10,12)8-7-12/h7-8,10H,1-6,9H2,(H,14,15). The van der Waals surface area contributed by atoms with Crippen LogP contribution >= 0.6 is 0 Å². The van der Waals surface area contributed by atoms with Crippen molar-refractivity contribution in [2.24, 2.45) is 16.7 Å². The third-order valence-corrected chi connectivity index (χ3v) is 5.08. The van der Waals surface area contributed by atoms with Crippen molar-refractivity contribution in [2.45, 2.75) is 44.9 Å². The lowest BCUT2D eigenvalue weighted by atomic mass is 9.35. The second-order valence-corrected chi connectivity index (χ2v) is 5.54. The Bertz CT molecular complexity index is 333. The van der Waals surface area contributed by atoms with E-state index in [0.717, 1.165) is 12.8 Å². The molecule has 0 aromatic carbocycles. The molecule has 0 saturated heterocycles. The van der Waals surface area contributed by atoms with E-state index in [0.29, 0.717) is 5.41 Å². The summed E-state index contributed by atoms with van der Waals surface area (Å²) >= 11 is 0. The van der Waals surface area contributed by atoms with Gasteiger partial charge in [0.2, 0.25) is 0 Å². The molecule has 0 radical (unpaired) electrons. The highest BCUT2D eigenvalue weighted by Gasteiger charge is 2.68. The lowest BCUT2D eigenvalue weighted by molar-refractivity contribution is -0.176. The molecule has 2 fully saturated rings. The third-order valence-electron chi connectivity index (χ3n) is 5.08. The normalized spacial score (nSPS) is 47.6. The van der Waals surface area contributed by atoms with Crippen molar-refractivity contribution in [3.63, 3.8) is 0 Å². The van der Waals surface area contributed by atoms with Crippen molar-refractivity contribution in [1.82, 2.24) is 0 Å². The highest BCUT2D eigenvalue weighted by atomic mass is 16.4. The SMILES string of the molecule is O=C(O)C1CC23C=CC12CCCCCC3. The van der Waals surface area contributed by atoms with E-state index in [1.807, 2.05) is 0 Å². The zero-order valence-electron chi connectivity index (χ0n) is 9.04. The summed E-state index contributed by atoms with van der Waals surface area (Å²) < 4.78 is 0. The monoisotopic (exact) mass is 206 g/mol. The molecule has 3 rings (SSSR count). The molecule has 0 aromatic rings. The van der Waals surface area contributed by atoms with Gasteiger partial charge in [-0.15, -0.1) is 0 Å². The van der Waals surface area contributed by atoms with Crippen LogP contribution in [0.1, 0.15) is 44.9 Å². The van der Waals surface area contributed by atoms with Crippen molar-refractivity contribution in [3.05, 3.63) is 12.2 Å². The minimum absolute atomic E-state index is 0.0687. The van der Waals surface area contributed by atoms with Gasteiger partial charge in [0.05, 0.1) is 5.92 Å². The third kappa shape index (κ3) is 0.977. The van der Waals surface area contributed by atoms with E-state index >= 15 is 0 Å². The summed E-state index contributed by atoms with van der Waals surface area (Å²) in [5, 5.41) is 9.21. The van der Waals surface area contributed by atoms with Crippen molar-refractivity contribution < 1.29 is 9.90 Å². The Labute approximate surface area is 90.4 Å². The van der Waals surface area contributed by atoms with Crippen LogP contribution in [0.25, 0.3) is 0 Å². The molecule has 2 saturated carbocycles. The van der Waals surface area contributed by atoms with E-state index in [1.54, 1.807) is 0 Å². The second kappa shape index (κ2) is 2.87. The summed E-state index contributed by atoms with van der Waals surface area (Å²) in [7, 11) is 0. The van der Waals surface area contributed by atoms with Gasteiger partial charge in [-0.1, -0.05) is 37.8 Å². The predicted octanol–water partition coefficient (Wildman–Crippen LogP) is 2.99. The Morgan fingerprint density at radius 2 is 1.87 bits per heavy atom. The quantitative estimate of drug-likeness (QED) is 0.670. The molecule has 0 aromatic heterocycles. The van der Waals surface area contributed by atoms with Crippen LogP contribution in [0.4, 0.5) is 0 Å². The fourth-order valence-corrected chi connectivity index (χ4v) is 4.11. The largest absolute Gasteiger partial charge is 0.481 e. The van der Waals surface area contributed by atoms with Gasteiger partial charge in [-0.3, -0.25) is 4.79 Å². The van der Waals surface area contributed by atoms with E-state index in [9.17, 15) is 9.90 Å². The lowest BCUT2D eigenvalue weighted by Gasteiger charge is -2.67. The molecular weight excluding hydrogens is 188 g/mol. The maximum Gasteiger partial charge on any atom is 0.307 e. The van der Waals surface area contributed by atoms with Crippen LogP contribution in [-0.2, 0) is 4.79 Å². The van der Waals surface area contributed by atoms with Crippen LogP contribution in [0.15, 0.2) is 12.2 Å². The average Bonchev–Trinajstić information content (AvgIpc) is 2.22. The van der Waals surface area contributed by atoms with Crippen molar-refractivity contribution in [1.29, 1.82) is 0 Å². The molecule has 15 heavy (non-hydrogen) atoms. The van der Waals surface area contributed by atoms with E-state index in [4.69, 9.17) is 0 Å². The lowest BCUT2D eigenvalue weighted by Crippen LogP contribution is -2.63. The molecule has 0 aliphatic heterocycles. The molecule has 0 bridgehead atoms. The second-order valence-electron chi connectivity index (χ2n) is 5.54. The molecular formula is C13H18O2. The Balaban J connectivity index is 1.89. The Kier molecular flexibility index (Phi) is 1.80. The number of rotatable bonds is 1. The van der Waals surface area contributed by atoms with Gasteiger partial charge < -0.3 is 5.11 Å². The number of hydrogen-bond acceptors (Lipinski definition) is 1. The van der Waals surface area contributed by atoms with Crippen LogP contribution < -0.4 is 0 Å². The van der Waals surface area contributed by atoms with Crippen molar-refractivity contribution in [2.75, 3.05) is 0 Å². The number of carbonyl (C=O) groups is 1. The van der Waals surface area contributed by atoms with Gasteiger partial charge in [-0.25, -0.2) is 0 Å². The smallest absolute Gasteiger partial charge is 0.307 e. The first-order chi connectivity index (χ1) is 7.20. The number of allylic oxidation sites excluding steroid dienone is 2. The molecule has 3 unspecified atom stereocenters. The first kappa shape index (κ1) is 9.44. The summed E-state index contributed by atoms with van der Waals surface area (Å²) in [4.78, 5) is 11.2. The van der Waals surface area contributed by atoms with Crippen LogP contribution in [0.3, 0.4) is 0 Å². The summed E-state index contributed by atoms with van der Waals surface area (Å²) in [5.41, 5.74) is 0.371. The molecule has 3 aliphatic carbocycles. The zero-order chi connectivity index (χ0) is 10.5. The zero-order valence-corrected chi connectivity index (χ0v) is 9.04. The fourth-order valence-electron chi connectivity index (χ4n) is 4.11. The van der Waals surface area contributed by atoms with E-state index < -0.39 is 5.97 Å². The van der Waals surface area contributed by atoms with Crippen molar-refractivity contribution >= 4 is 5.97 Å². The summed E-state index contributed by atoms with van der Waals surface area (Å²) in [6.45, 7) is 0. The van der Waals surface area contributed by atoms with Gasteiger partial charge in [0, 0.05) is 5.41 Å². The summed E-state index contributed by atoms with van der Waals surface area (Å²) in [6.07, 6.45) is 12.9. The minimum Gasteiger partial charge on any atom is -0.481 e. The van der Waals surface area contributed by atoms with Gasteiger partial charge in [0.1, 0.15) is 0 Å². The van der Waals surface area contributed by atoms with E-state index in [2.05, 4.69) is 12.2 Å². The average molecular weight is 206 g/mol. The highest BCUT2D eigenvalue weighted by molar-refractivity contribution is 5.75. The number of aliphatic carboxylic acids is 1. The van der Waals surface area contributed by atoms with Gasteiger partial charge in [-0.2, -0.15) is 0 Å². The Morgan fingerprint density at radius 3 is 2.47 bits per heavy atom. The Morgan fingerprint density at radius 1 is 1.13 bits per heavy atom.